The molecule has 1 aliphatic carbocycles. The molecule has 1 aliphatic rings. The van der Waals surface area contributed by atoms with Crippen LogP contribution in [0.5, 0.6) is 0 Å². The lowest BCUT2D eigenvalue weighted by molar-refractivity contribution is 0.334. The highest BCUT2D eigenvalue weighted by Gasteiger charge is 2.35. The van der Waals surface area contributed by atoms with Gasteiger partial charge in [0.25, 0.3) is 0 Å². The number of rotatable bonds is 2. The van der Waals surface area contributed by atoms with Gasteiger partial charge in [-0.15, -0.1) is 0 Å². The highest BCUT2D eigenvalue weighted by Crippen LogP contribution is 2.40. The Balaban J connectivity index is 2.40. The molecule has 1 fully saturated rings. The molecule has 16 heavy (non-hydrogen) atoms. The van der Waals surface area contributed by atoms with Gasteiger partial charge in [-0.2, -0.15) is 0 Å². The number of benzene rings is 1. The van der Waals surface area contributed by atoms with Crippen molar-refractivity contribution in [3.8, 4) is 0 Å². The van der Waals surface area contributed by atoms with Crippen molar-refractivity contribution in [2.45, 2.75) is 31.2 Å². The van der Waals surface area contributed by atoms with Crippen molar-refractivity contribution in [1.29, 1.82) is 0 Å². The van der Waals surface area contributed by atoms with E-state index in [2.05, 4.69) is 11.9 Å². The summed E-state index contributed by atoms with van der Waals surface area (Å²) < 4.78 is 12.9. The molecule has 0 amide bonds. The van der Waals surface area contributed by atoms with Gasteiger partial charge in [-0.3, -0.25) is 0 Å². The van der Waals surface area contributed by atoms with E-state index in [0.29, 0.717) is 0 Å². The van der Waals surface area contributed by atoms with Gasteiger partial charge in [-0.05, 0) is 44.0 Å². The van der Waals surface area contributed by atoms with Crippen LogP contribution in [0, 0.1) is 5.82 Å². The first kappa shape index (κ1) is 11.3. The van der Waals surface area contributed by atoms with Crippen LogP contribution in [-0.2, 0) is 5.54 Å². The van der Waals surface area contributed by atoms with Gasteiger partial charge in [0, 0.05) is 0 Å². The Morgan fingerprint density at radius 2 is 1.94 bits per heavy atom. The first-order chi connectivity index (χ1) is 7.69. The van der Waals surface area contributed by atoms with E-state index in [-0.39, 0.29) is 11.4 Å². The van der Waals surface area contributed by atoms with Crippen molar-refractivity contribution < 1.29 is 4.39 Å². The molecule has 86 valence electrons. The van der Waals surface area contributed by atoms with Crippen LogP contribution in [0.25, 0.3) is 0 Å². The standard InChI is InChI=1S/C14H18FN/c1-11-5-3-4-10-14(11,16-2)12-6-8-13(15)9-7-12/h6-9,16H,1,3-5,10H2,2H3/t14-/m1/s1. The zero-order chi connectivity index (χ0) is 11.6. The van der Waals surface area contributed by atoms with E-state index in [1.807, 2.05) is 19.2 Å². The summed E-state index contributed by atoms with van der Waals surface area (Å²) in [5.74, 6) is -0.184. The Hall–Kier alpha value is -1.15. The molecule has 1 saturated carbocycles. The largest absolute Gasteiger partial charge is 0.307 e. The summed E-state index contributed by atoms with van der Waals surface area (Å²) in [6.45, 7) is 4.18. The van der Waals surface area contributed by atoms with E-state index < -0.39 is 0 Å². The minimum atomic E-state index is -0.184. The van der Waals surface area contributed by atoms with Crippen LogP contribution in [0.4, 0.5) is 4.39 Å². The first-order valence-corrected chi connectivity index (χ1v) is 5.82. The van der Waals surface area contributed by atoms with Crippen LogP contribution in [-0.4, -0.2) is 7.05 Å². The fraction of sp³-hybridized carbons (Fsp3) is 0.429. The lowest BCUT2D eigenvalue weighted by atomic mass is 9.73. The predicted molar refractivity (Wildman–Crippen MR) is 64.7 cm³/mol. The summed E-state index contributed by atoms with van der Waals surface area (Å²) in [6.07, 6.45) is 4.51. The molecule has 0 unspecified atom stereocenters. The van der Waals surface area contributed by atoms with Gasteiger partial charge >= 0.3 is 0 Å². The molecule has 0 spiro atoms. The van der Waals surface area contributed by atoms with Crippen LogP contribution in [0.3, 0.4) is 0 Å². The molecular weight excluding hydrogens is 201 g/mol. The molecule has 2 heteroatoms. The van der Waals surface area contributed by atoms with Crippen LogP contribution in [0.1, 0.15) is 31.2 Å². The van der Waals surface area contributed by atoms with E-state index in [1.54, 1.807) is 0 Å². The lowest BCUT2D eigenvalue weighted by Gasteiger charge is -2.39. The second-order valence-corrected chi connectivity index (χ2v) is 4.47. The Bertz CT molecular complexity index is 382. The molecule has 1 aromatic rings. The van der Waals surface area contributed by atoms with Crippen molar-refractivity contribution in [3.05, 3.63) is 47.8 Å². The maximum atomic E-state index is 12.9. The van der Waals surface area contributed by atoms with E-state index in [0.717, 1.165) is 18.4 Å². The minimum absolute atomic E-state index is 0.147. The number of nitrogens with one attached hydrogen (secondary N) is 1. The minimum Gasteiger partial charge on any atom is -0.307 e. The van der Waals surface area contributed by atoms with Crippen LogP contribution >= 0.6 is 0 Å². The zero-order valence-corrected chi connectivity index (χ0v) is 9.72. The third-order valence-corrected chi connectivity index (χ3v) is 3.65. The SMILES string of the molecule is C=C1CCCC[C@]1(NC)c1ccc(F)cc1. The van der Waals surface area contributed by atoms with Gasteiger partial charge in [-0.1, -0.05) is 30.7 Å². The number of halogens is 1. The Labute approximate surface area is 96.4 Å². The third-order valence-electron chi connectivity index (χ3n) is 3.65. The topological polar surface area (TPSA) is 12.0 Å². The number of hydrogen-bond acceptors (Lipinski definition) is 1. The molecule has 1 N–H and O–H groups in total. The average molecular weight is 219 g/mol. The summed E-state index contributed by atoms with van der Waals surface area (Å²) in [5, 5.41) is 3.38. The second-order valence-electron chi connectivity index (χ2n) is 4.47. The smallest absolute Gasteiger partial charge is 0.123 e. The van der Waals surface area contributed by atoms with E-state index in [9.17, 15) is 4.39 Å². The molecule has 1 nitrogen and oxygen atoms in total. The van der Waals surface area contributed by atoms with Crippen LogP contribution < -0.4 is 5.32 Å². The van der Waals surface area contributed by atoms with Crippen molar-refractivity contribution in [2.75, 3.05) is 7.05 Å². The normalized spacial score (nSPS) is 25.8. The first-order valence-electron chi connectivity index (χ1n) is 5.82. The second kappa shape index (κ2) is 4.38. The summed E-state index contributed by atoms with van der Waals surface area (Å²) in [4.78, 5) is 0. The molecule has 0 heterocycles. The summed E-state index contributed by atoms with van der Waals surface area (Å²) in [7, 11) is 1.96. The van der Waals surface area contributed by atoms with Gasteiger partial charge in [0.2, 0.25) is 0 Å². The molecule has 0 saturated heterocycles. The Morgan fingerprint density at radius 3 is 2.50 bits per heavy atom. The number of likely N-dealkylation sites (N-methyl/N-ethyl adjacent to an activating group) is 1. The van der Waals surface area contributed by atoms with Crippen LogP contribution in [0.2, 0.25) is 0 Å². The zero-order valence-electron chi connectivity index (χ0n) is 9.72. The highest BCUT2D eigenvalue weighted by atomic mass is 19.1. The van der Waals surface area contributed by atoms with E-state index in [1.165, 1.54) is 30.5 Å². The molecule has 0 radical (unpaired) electrons. The van der Waals surface area contributed by atoms with Gasteiger partial charge < -0.3 is 5.32 Å². The van der Waals surface area contributed by atoms with Crippen molar-refractivity contribution >= 4 is 0 Å². The average Bonchev–Trinajstić information content (AvgIpc) is 2.31. The molecule has 0 bridgehead atoms. The highest BCUT2D eigenvalue weighted by molar-refractivity contribution is 5.35. The lowest BCUT2D eigenvalue weighted by Crippen LogP contribution is -2.43. The van der Waals surface area contributed by atoms with Gasteiger partial charge in [-0.25, -0.2) is 4.39 Å². The fourth-order valence-electron chi connectivity index (χ4n) is 2.65. The van der Waals surface area contributed by atoms with Gasteiger partial charge in [0.1, 0.15) is 5.82 Å². The summed E-state index contributed by atoms with van der Waals surface area (Å²) in [6, 6.07) is 6.78. The van der Waals surface area contributed by atoms with Crippen molar-refractivity contribution in [3.63, 3.8) is 0 Å². The van der Waals surface area contributed by atoms with E-state index >= 15 is 0 Å². The summed E-state index contributed by atoms with van der Waals surface area (Å²) >= 11 is 0. The van der Waals surface area contributed by atoms with Crippen molar-refractivity contribution in [2.24, 2.45) is 0 Å². The maximum Gasteiger partial charge on any atom is 0.123 e. The maximum absolute atomic E-state index is 12.9. The van der Waals surface area contributed by atoms with Crippen LogP contribution in [0.15, 0.2) is 36.4 Å². The fourth-order valence-corrected chi connectivity index (χ4v) is 2.65. The quantitative estimate of drug-likeness (QED) is 0.752. The molecule has 1 aromatic carbocycles. The molecular formula is C14H18FN. The Morgan fingerprint density at radius 1 is 1.25 bits per heavy atom. The van der Waals surface area contributed by atoms with Crippen molar-refractivity contribution in [1.82, 2.24) is 5.32 Å². The molecule has 0 aromatic heterocycles. The van der Waals surface area contributed by atoms with Gasteiger partial charge in [0.15, 0.2) is 0 Å². The van der Waals surface area contributed by atoms with Gasteiger partial charge in [0.05, 0.1) is 5.54 Å². The molecule has 2 rings (SSSR count). The monoisotopic (exact) mass is 219 g/mol. The van der Waals surface area contributed by atoms with E-state index in [4.69, 9.17) is 0 Å². The molecule has 0 aliphatic heterocycles. The molecule has 1 atom stereocenters. The number of hydrogen-bond donors (Lipinski definition) is 1. The summed E-state index contributed by atoms with van der Waals surface area (Å²) in [5.41, 5.74) is 2.19. The third kappa shape index (κ3) is 1.78. The Kier molecular flexibility index (Phi) is 3.10. The predicted octanol–water partition coefficient (Wildman–Crippen LogP) is 3.37.